The van der Waals surface area contributed by atoms with Crippen molar-refractivity contribution in [2.75, 3.05) is 11.9 Å². The molecule has 0 aliphatic rings. The Morgan fingerprint density at radius 1 is 1.65 bits per heavy atom. The third-order valence-corrected chi connectivity index (χ3v) is 2.65. The highest BCUT2D eigenvalue weighted by molar-refractivity contribution is 6.32. The zero-order valence-electron chi connectivity index (χ0n) is 10.3. The molecule has 0 aromatic carbocycles. The molecule has 0 radical (unpaired) electrons. The van der Waals surface area contributed by atoms with Crippen LogP contribution < -0.4 is 10.9 Å². The molecule has 0 saturated heterocycles. The van der Waals surface area contributed by atoms with Crippen LogP contribution in [0.4, 0.5) is 5.69 Å². The van der Waals surface area contributed by atoms with Gasteiger partial charge in [-0.15, -0.1) is 0 Å². The molecule has 0 fully saturated rings. The van der Waals surface area contributed by atoms with Crippen LogP contribution in [0.2, 0.25) is 5.02 Å². The van der Waals surface area contributed by atoms with Gasteiger partial charge in [-0.2, -0.15) is 5.10 Å². The monoisotopic (exact) mass is 255 g/mol. The van der Waals surface area contributed by atoms with E-state index in [-0.39, 0.29) is 10.6 Å². The topological polar surface area (TPSA) is 46.9 Å². The number of nitrogens with zero attached hydrogens (tertiary/aromatic N) is 2. The Bertz CT molecular complexity index is 454. The molecule has 0 bridgehead atoms. The molecule has 0 aliphatic heterocycles. The standard InChI is InChI=1S/C12H18ClN3O/c1-4-5-6-16-12(17)11(13)10(8-15-16)14-7-9(2)3/h8,14H,2,4-7H2,1,3H3. The lowest BCUT2D eigenvalue weighted by Crippen LogP contribution is -2.24. The van der Waals surface area contributed by atoms with E-state index in [4.69, 9.17) is 11.6 Å². The van der Waals surface area contributed by atoms with Gasteiger partial charge in [-0.05, 0) is 13.3 Å². The second-order valence-electron chi connectivity index (χ2n) is 4.06. The van der Waals surface area contributed by atoms with Gasteiger partial charge < -0.3 is 5.32 Å². The summed E-state index contributed by atoms with van der Waals surface area (Å²) in [5.41, 5.74) is 1.29. The first-order chi connectivity index (χ1) is 8.06. The number of aryl methyl sites for hydroxylation is 1. The predicted molar refractivity (Wildman–Crippen MR) is 71.7 cm³/mol. The summed E-state index contributed by atoms with van der Waals surface area (Å²) in [5.74, 6) is 0. The number of hydrogen-bond acceptors (Lipinski definition) is 3. The van der Waals surface area contributed by atoms with Gasteiger partial charge in [0.2, 0.25) is 0 Å². The zero-order valence-corrected chi connectivity index (χ0v) is 11.0. The van der Waals surface area contributed by atoms with E-state index in [9.17, 15) is 4.79 Å². The highest BCUT2D eigenvalue weighted by Crippen LogP contribution is 2.15. The molecule has 1 aromatic rings. The van der Waals surface area contributed by atoms with Gasteiger partial charge in [0.25, 0.3) is 5.56 Å². The van der Waals surface area contributed by atoms with Gasteiger partial charge in [-0.1, -0.05) is 37.1 Å². The van der Waals surface area contributed by atoms with E-state index in [1.807, 2.05) is 6.92 Å². The van der Waals surface area contributed by atoms with Crippen LogP contribution in [0, 0.1) is 0 Å². The molecule has 0 amide bonds. The number of rotatable bonds is 6. The average molecular weight is 256 g/mol. The number of halogens is 1. The largest absolute Gasteiger partial charge is 0.379 e. The van der Waals surface area contributed by atoms with Gasteiger partial charge in [0.05, 0.1) is 11.9 Å². The molecule has 1 heterocycles. The molecule has 0 spiro atoms. The molecule has 0 aliphatic carbocycles. The molecule has 17 heavy (non-hydrogen) atoms. The molecule has 1 rings (SSSR count). The summed E-state index contributed by atoms with van der Waals surface area (Å²) in [4.78, 5) is 11.8. The molecule has 0 unspecified atom stereocenters. The Kier molecular flexibility index (Phi) is 5.22. The number of hydrogen-bond donors (Lipinski definition) is 1. The van der Waals surface area contributed by atoms with Gasteiger partial charge in [0, 0.05) is 13.1 Å². The van der Waals surface area contributed by atoms with E-state index < -0.39 is 0 Å². The van der Waals surface area contributed by atoms with E-state index >= 15 is 0 Å². The summed E-state index contributed by atoms with van der Waals surface area (Å²) in [7, 11) is 0. The Morgan fingerprint density at radius 3 is 2.94 bits per heavy atom. The van der Waals surface area contributed by atoms with Crippen LogP contribution >= 0.6 is 11.6 Å². The quantitative estimate of drug-likeness (QED) is 0.795. The summed E-state index contributed by atoms with van der Waals surface area (Å²) in [6.45, 7) is 8.93. The highest BCUT2D eigenvalue weighted by atomic mass is 35.5. The smallest absolute Gasteiger partial charge is 0.287 e. The van der Waals surface area contributed by atoms with Crippen LogP contribution in [0.15, 0.2) is 23.1 Å². The highest BCUT2D eigenvalue weighted by Gasteiger charge is 2.08. The second kappa shape index (κ2) is 6.45. The van der Waals surface area contributed by atoms with Crippen LogP contribution in [0.25, 0.3) is 0 Å². The number of anilines is 1. The van der Waals surface area contributed by atoms with Crippen molar-refractivity contribution >= 4 is 17.3 Å². The van der Waals surface area contributed by atoms with Crippen molar-refractivity contribution in [3.63, 3.8) is 0 Å². The molecule has 4 nitrogen and oxygen atoms in total. The maximum atomic E-state index is 11.8. The molecular weight excluding hydrogens is 238 g/mol. The zero-order chi connectivity index (χ0) is 12.8. The molecule has 1 aromatic heterocycles. The molecule has 1 N–H and O–H groups in total. The van der Waals surface area contributed by atoms with Crippen molar-refractivity contribution in [2.24, 2.45) is 0 Å². The summed E-state index contributed by atoms with van der Waals surface area (Å²) in [6, 6.07) is 0. The number of nitrogens with one attached hydrogen (secondary N) is 1. The first-order valence-electron chi connectivity index (χ1n) is 5.70. The van der Waals surface area contributed by atoms with Crippen LogP contribution in [-0.4, -0.2) is 16.3 Å². The molecule has 94 valence electrons. The van der Waals surface area contributed by atoms with Gasteiger partial charge in [-0.25, -0.2) is 4.68 Å². The van der Waals surface area contributed by atoms with Crippen LogP contribution in [-0.2, 0) is 6.54 Å². The van der Waals surface area contributed by atoms with E-state index in [1.54, 1.807) is 6.20 Å². The summed E-state index contributed by atoms with van der Waals surface area (Å²) in [5, 5.41) is 7.30. The Balaban J connectivity index is 2.86. The SMILES string of the molecule is C=C(C)CNc1cnn(CCCC)c(=O)c1Cl. The van der Waals surface area contributed by atoms with Gasteiger partial charge in [0.15, 0.2) is 0 Å². The maximum Gasteiger partial charge on any atom is 0.287 e. The lowest BCUT2D eigenvalue weighted by molar-refractivity contribution is 0.543. The first-order valence-corrected chi connectivity index (χ1v) is 6.08. The minimum absolute atomic E-state index is 0.192. The molecule has 0 atom stereocenters. The fraction of sp³-hybridized carbons (Fsp3) is 0.500. The van der Waals surface area contributed by atoms with Crippen LogP contribution in [0.1, 0.15) is 26.7 Å². The number of aromatic nitrogens is 2. The summed E-state index contributed by atoms with van der Waals surface area (Å²) in [6.07, 6.45) is 3.52. The third-order valence-electron chi connectivity index (χ3n) is 2.29. The molecule has 0 saturated carbocycles. The Morgan fingerprint density at radius 2 is 2.35 bits per heavy atom. The van der Waals surface area contributed by atoms with Gasteiger partial charge in [0.1, 0.15) is 5.02 Å². The normalized spacial score (nSPS) is 10.3. The van der Waals surface area contributed by atoms with E-state index in [1.165, 1.54) is 4.68 Å². The second-order valence-corrected chi connectivity index (χ2v) is 4.44. The van der Waals surface area contributed by atoms with Crippen molar-refractivity contribution in [2.45, 2.75) is 33.2 Å². The van der Waals surface area contributed by atoms with Gasteiger partial charge >= 0.3 is 0 Å². The first kappa shape index (κ1) is 13.8. The van der Waals surface area contributed by atoms with Crippen molar-refractivity contribution in [3.05, 3.63) is 33.7 Å². The van der Waals surface area contributed by atoms with Crippen molar-refractivity contribution in [1.29, 1.82) is 0 Å². The van der Waals surface area contributed by atoms with E-state index in [0.29, 0.717) is 18.8 Å². The fourth-order valence-corrected chi connectivity index (χ4v) is 1.51. The average Bonchev–Trinajstić information content (AvgIpc) is 2.29. The Hall–Kier alpha value is -1.29. The minimum Gasteiger partial charge on any atom is -0.379 e. The number of unbranched alkanes of at least 4 members (excludes halogenated alkanes) is 1. The predicted octanol–water partition coefficient (Wildman–Crippen LogP) is 2.68. The molecular formula is C12H18ClN3O. The van der Waals surface area contributed by atoms with Crippen LogP contribution in [0.5, 0.6) is 0 Å². The van der Waals surface area contributed by atoms with E-state index in [0.717, 1.165) is 18.4 Å². The van der Waals surface area contributed by atoms with Crippen LogP contribution in [0.3, 0.4) is 0 Å². The fourth-order valence-electron chi connectivity index (χ4n) is 1.30. The Labute approximate surface area is 106 Å². The lowest BCUT2D eigenvalue weighted by Gasteiger charge is -2.09. The summed E-state index contributed by atoms with van der Waals surface area (Å²) >= 11 is 6.00. The summed E-state index contributed by atoms with van der Waals surface area (Å²) < 4.78 is 1.40. The van der Waals surface area contributed by atoms with Gasteiger partial charge in [-0.3, -0.25) is 4.79 Å². The van der Waals surface area contributed by atoms with Crippen molar-refractivity contribution in [3.8, 4) is 0 Å². The third kappa shape index (κ3) is 3.89. The maximum absolute atomic E-state index is 11.8. The minimum atomic E-state index is -0.244. The van der Waals surface area contributed by atoms with E-state index in [2.05, 4.69) is 23.9 Å². The van der Waals surface area contributed by atoms with Crippen molar-refractivity contribution < 1.29 is 0 Å². The molecule has 5 heteroatoms. The van der Waals surface area contributed by atoms with Crippen molar-refractivity contribution in [1.82, 2.24) is 9.78 Å². The lowest BCUT2D eigenvalue weighted by atomic mass is 10.3.